The second kappa shape index (κ2) is 9.17. The molecule has 0 spiro atoms. The normalized spacial score (nSPS) is 15.6. The maximum atomic E-state index is 13.8. The zero-order valence-corrected chi connectivity index (χ0v) is 18.2. The van der Waals surface area contributed by atoms with E-state index in [0.29, 0.717) is 5.92 Å². The second-order valence-corrected chi connectivity index (χ2v) is 9.90. The van der Waals surface area contributed by atoms with E-state index in [0.717, 1.165) is 30.8 Å². The van der Waals surface area contributed by atoms with Gasteiger partial charge in [-0.25, -0.2) is 4.39 Å². The zero-order chi connectivity index (χ0) is 20.1. The molecule has 0 N–H and O–H groups in total. The fourth-order valence-corrected chi connectivity index (χ4v) is 4.83. The number of piperidine rings is 1. The molecule has 28 heavy (non-hydrogen) atoms. The van der Waals surface area contributed by atoms with Gasteiger partial charge in [-0.3, -0.25) is 0 Å². The van der Waals surface area contributed by atoms with Crippen molar-refractivity contribution in [2.45, 2.75) is 50.3 Å². The van der Waals surface area contributed by atoms with Crippen LogP contribution in [0.4, 0.5) is 4.39 Å². The topological polar surface area (TPSA) is 3.24 Å². The van der Waals surface area contributed by atoms with Crippen LogP contribution in [0.25, 0.3) is 0 Å². The van der Waals surface area contributed by atoms with Crippen LogP contribution in [0.5, 0.6) is 0 Å². The van der Waals surface area contributed by atoms with E-state index < -0.39 is 0 Å². The molecule has 1 nitrogen and oxygen atoms in total. The minimum absolute atomic E-state index is 0.0267. The van der Waals surface area contributed by atoms with Gasteiger partial charge in [0.1, 0.15) is 5.82 Å². The maximum Gasteiger partial charge on any atom is 0.123 e. The SMILES string of the molecule is C=C(CSc1ccccc1)N1CCC(Cc2ccc(F)cc2C(C)(C)C)CC1. The van der Waals surface area contributed by atoms with Crippen molar-refractivity contribution in [2.75, 3.05) is 18.8 Å². The molecule has 0 aromatic heterocycles. The van der Waals surface area contributed by atoms with Crippen LogP contribution >= 0.6 is 11.8 Å². The minimum Gasteiger partial charge on any atom is -0.375 e. The summed E-state index contributed by atoms with van der Waals surface area (Å²) in [5.74, 6) is 1.48. The van der Waals surface area contributed by atoms with Crippen LogP contribution in [0.3, 0.4) is 0 Å². The number of thioether (sulfide) groups is 1. The van der Waals surface area contributed by atoms with Crippen molar-refractivity contribution in [2.24, 2.45) is 5.92 Å². The molecule has 0 bridgehead atoms. The van der Waals surface area contributed by atoms with E-state index in [1.807, 2.05) is 17.8 Å². The van der Waals surface area contributed by atoms with Crippen LogP contribution in [0.1, 0.15) is 44.7 Å². The van der Waals surface area contributed by atoms with Crippen LogP contribution in [-0.2, 0) is 11.8 Å². The first-order valence-corrected chi connectivity index (χ1v) is 11.2. The third kappa shape index (κ3) is 5.64. The lowest BCUT2D eigenvalue weighted by atomic mass is 9.80. The van der Waals surface area contributed by atoms with Gasteiger partial charge in [0.15, 0.2) is 0 Å². The third-order valence-corrected chi connectivity index (χ3v) is 6.68. The first-order chi connectivity index (χ1) is 13.3. The molecular weight excluding hydrogens is 365 g/mol. The van der Waals surface area contributed by atoms with Crippen molar-refractivity contribution in [1.82, 2.24) is 4.90 Å². The summed E-state index contributed by atoms with van der Waals surface area (Å²) in [6.45, 7) is 13.0. The van der Waals surface area contributed by atoms with E-state index in [2.05, 4.69) is 62.6 Å². The Labute approximate surface area is 174 Å². The number of rotatable bonds is 6. The predicted octanol–water partition coefficient (Wildman–Crippen LogP) is 6.68. The van der Waals surface area contributed by atoms with Crippen molar-refractivity contribution >= 4 is 11.8 Å². The molecule has 1 fully saturated rings. The third-order valence-electron chi connectivity index (χ3n) is 5.60. The van der Waals surface area contributed by atoms with Gasteiger partial charge in [-0.1, -0.05) is 51.6 Å². The highest BCUT2D eigenvalue weighted by Gasteiger charge is 2.24. The number of hydrogen-bond acceptors (Lipinski definition) is 2. The van der Waals surface area contributed by atoms with Crippen LogP contribution in [0.2, 0.25) is 0 Å². The Morgan fingerprint density at radius 2 is 1.79 bits per heavy atom. The van der Waals surface area contributed by atoms with Crippen LogP contribution in [0, 0.1) is 11.7 Å². The Morgan fingerprint density at radius 1 is 1.11 bits per heavy atom. The van der Waals surface area contributed by atoms with Gasteiger partial charge in [0.05, 0.1) is 0 Å². The smallest absolute Gasteiger partial charge is 0.123 e. The Bertz CT molecular complexity index is 786. The Morgan fingerprint density at radius 3 is 2.43 bits per heavy atom. The number of halogens is 1. The fraction of sp³-hybridized carbons (Fsp3) is 0.440. The summed E-state index contributed by atoms with van der Waals surface area (Å²) in [7, 11) is 0. The minimum atomic E-state index is -0.129. The van der Waals surface area contributed by atoms with Gasteiger partial charge in [-0.15, -0.1) is 11.8 Å². The molecular formula is C25H32FNS. The van der Waals surface area contributed by atoms with Crippen molar-refractivity contribution in [3.8, 4) is 0 Å². The van der Waals surface area contributed by atoms with E-state index in [-0.39, 0.29) is 11.2 Å². The molecule has 0 radical (unpaired) electrons. The molecule has 1 saturated heterocycles. The highest BCUT2D eigenvalue weighted by molar-refractivity contribution is 7.99. The summed E-state index contributed by atoms with van der Waals surface area (Å²) >= 11 is 1.85. The van der Waals surface area contributed by atoms with Gasteiger partial charge >= 0.3 is 0 Å². The van der Waals surface area contributed by atoms with Crippen molar-refractivity contribution in [3.05, 3.63) is 77.8 Å². The fourth-order valence-electron chi connectivity index (χ4n) is 3.96. The second-order valence-electron chi connectivity index (χ2n) is 8.85. The molecule has 150 valence electrons. The first-order valence-electron chi connectivity index (χ1n) is 10.2. The highest BCUT2D eigenvalue weighted by atomic mass is 32.2. The maximum absolute atomic E-state index is 13.8. The molecule has 1 aliphatic heterocycles. The van der Waals surface area contributed by atoms with Crippen molar-refractivity contribution in [3.63, 3.8) is 0 Å². The van der Waals surface area contributed by atoms with Crippen molar-refractivity contribution in [1.29, 1.82) is 0 Å². The first kappa shape index (κ1) is 21.0. The average Bonchev–Trinajstić information content (AvgIpc) is 2.68. The average molecular weight is 398 g/mol. The summed E-state index contributed by atoms with van der Waals surface area (Å²) in [5, 5.41) is 0. The van der Waals surface area contributed by atoms with Gasteiger partial charge in [-0.05, 0) is 66.0 Å². The molecule has 0 amide bonds. The van der Waals surface area contributed by atoms with E-state index in [1.54, 1.807) is 12.1 Å². The highest BCUT2D eigenvalue weighted by Crippen LogP contribution is 2.31. The van der Waals surface area contributed by atoms with E-state index in [4.69, 9.17) is 0 Å². The monoisotopic (exact) mass is 397 g/mol. The van der Waals surface area contributed by atoms with E-state index >= 15 is 0 Å². The Kier molecular flexibility index (Phi) is 6.87. The number of benzene rings is 2. The summed E-state index contributed by atoms with van der Waals surface area (Å²) in [4.78, 5) is 3.74. The quantitative estimate of drug-likeness (QED) is 0.500. The molecule has 3 heteroatoms. The summed E-state index contributed by atoms with van der Waals surface area (Å²) in [6.07, 6.45) is 3.40. The van der Waals surface area contributed by atoms with E-state index in [1.165, 1.54) is 29.0 Å². The molecule has 2 aromatic carbocycles. The molecule has 0 saturated carbocycles. The molecule has 0 atom stereocenters. The van der Waals surface area contributed by atoms with Gasteiger partial charge in [-0.2, -0.15) is 0 Å². The lowest BCUT2D eigenvalue weighted by Gasteiger charge is -2.35. The Balaban J connectivity index is 1.52. The summed E-state index contributed by atoms with van der Waals surface area (Å²) < 4.78 is 13.8. The number of nitrogens with zero attached hydrogens (tertiary/aromatic N) is 1. The molecule has 0 aliphatic carbocycles. The zero-order valence-electron chi connectivity index (χ0n) is 17.4. The van der Waals surface area contributed by atoms with Crippen LogP contribution in [-0.4, -0.2) is 23.7 Å². The van der Waals surface area contributed by atoms with Crippen LogP contribution < -0.4 is 0 Å². The van der Waals surface area contributed by atoms with Gasteiger partial charge in [0, 0.05) is 29.4 Å². The predicted molar refractivity (Wildman–Crippen MR) is 119 cm³/mol. The summed E-state index contributed by atoms with van der Waals surface area (Å²) in [5.41, 5.74) is 3.66. The van der Waals surface area contributed by atoms with Crippen LogP contribution in [0.15, 0.2) is 65.7 Å². The van der Waals surface area contributed by atoms with E-state index in [9.17, 15) is 4.39 Å². The molecule has 1 aliphatic rings. The lowest BCUT2D eigenvalue weighted by molar-refractivity contribution is 0.227. The standard InChI is InChI=1S/C25H32FNS/c1-19(18-28-23-8-6-5-7-9-23)27-14-12-20(13-15-27)16-21-10-11-22(26)17-24(21)25(2,3)4/h5-11,17,20H,1,12-16,18H2,2-4H3. The molecule has 3 rings (SSSR count). The van der Waals surface area contributed by atoms with Gasteiger partial charge < -0.3 is 4.90 Å². The van der Waals surface area contributed by atoms with Crippen molar-refractivity contribution < 1.29 is 4.39 Å². The number of hydrogen-bond donors (Lipinski definition) is 0. The molecule has 0 unspecified atom stereocenters. The van der Waals surface area contributed by atoms with Gasteiger partial charge in [0.25, 0.3) is 0 Å². The largest absolute Gasteiger partial charge is 0.375 e. The Hall–Kier alpha value is -1.74. The van der Waals surface area contributed by atoms with Gasteiger partial charge in [0.2, 0.25) is 0 Å². The summed E-state index contributed by atoms with van der Waals surface area (Å²) in [6, 6.07) is 15.9. The number of likely N-dealkylation sites (tertiary alicyclic amines) is 1. The lowest BCUT2D eigenvalue weighted by Crippen LogP contribution is -2.34. The molecule has 1 heterocycles. The molecule has 2 aromatic rings.